The van der Waals surface area contributed by atoms with Crippen LogP contribution in [0.15, 0.2) is 72.8 Å². The van der Waals surface area contributed by atoms with E-state index in [0.717, 1.165) is 22.4 Å². The molecule has 5 nitrogen and oxygen atoms in total. The molecule has 0 bridgehead atoms. The maximum atomic E-state index is 13.0. The molecule has 0 saturated heterocycles. The molecule has 0 radical (unpaired) electrons. The fraction of sp³-hybridized carbons (Fsp3) is 0.231. The minimum atomic E-state index is -1.04. The van der Waals surface area contributed by atoms with Gasteiger partial charge in [-0.1, -0.05) is 54.6 Å². The first-order valence-corrected chi connectivity index (χ1v) is 10.2. The second kappa shape index (κ2) is 10.4. The van der Waals surface area contributed by atoms with E-state index in [1.165, 1.54) is 0 Å². The zero-order valence-electron chi connectivity index (χ0n) is 18.1. The van der Waals surface area contributed by atoms with Crippen LogP contribution in [0.25, 0.3) is 0 Å². The number of hydrogen-bond acceptors (Lipinski definition) is 4. The number of amides is 1. The molecule has 0 aromatic heterocycles. The van der Waals surface area contributed by atoms with Crippen molar-refractivity contribution in [1.29, 1.82) is 0 Å². The van der Waals surface area contributed by atoms with Crippen LogP contribution in [-0.2, 0) is 20.7 Å². The van der Waals surface area contributed by atoms with Gasteiger partial charge in [0.25, 0.3) is 5.91 Å². The molecule has 160 valence electrons. The fourth-order valence-electron chi connectivity index (χ4n) is 3.49. The van der Waals surface area contributed by atoms with Crippen molar-refractivity contribution in [3.63, 3.8) is 0 Å². The molecule has 1 amide bonds. The molecule has 1 N–H and O–H groups in total. The largest absolute Gasteiger partial charge is 0.496 e. The van der Waals surface area contributed by atoms with Gasteiger partial charge in [0.2, 0.25) is 6.10 Å². The van der Waals surface area contributed by atoms with E-state index in [0.29, 0.717) is 17.7 Å². The van der Waals surface area contributed by atoms with Gasteiger partial charge in [0.05, 0.1) is 7.11 Å². The monoisotopic (exact) mass is 417 g/mol. The van der Waals surface area contributed by atoms with Gasteiger partial charge < -0.3 is 14.8 Å². The van der Waals surface area contributed by atoms with Crippen LogP contribution >= 0.6 is 0 Å². The Labute approximate surface area is 183 Å². The molecular formula is C26H27NO4. The number of benzene rings is 3. The van der Waals surface area contributed by atoms with Gasteiger partial charge in [-0.25, -0.2) is 0 Å². The molecule has 0 saturated carbocycles. The number of carbonyl (C=O) groups excluding carboxylic acids is 2. The standard InChI is InChI=1S/C26H27NO4/c1-18-15-19(2)17-22(16-18)27-26(29)25(21-10-5-4-6-11-21)31-24(28)14-13-20-9-7-8-12-23(20)30-3/h4-12,15-17,25H,13-14H2,1-3H3,(H,27,29). The van der Waals surface area contributed by atoms with Gasteiger partial charge in [0.1, 0.15) is 5.75 Å². The molecule has 31 heavy (non-hydrogen) atoms. The van der Waals surface area contributed by atoms with Crippen LogP contribution in [0.4, 0.5) is 5.69 Å². The Morgan fingerprint density at radius 3 is 2.23 bits per heavy atom. The van der Waals surface area contributed by atoms with Crippen LogP contribution < -0.4 is 10.1 Å². The maximum absolute atomic E-state index is 13.0. The fourth-order valence-corrected chi connectivity index (χ4v) is 3.49. The SMILES string of the molecule is COc1ccccc1CCC(=O)OC(C(=O)Nc1cc(C)cc(C)c1)c1ccccc1. The van der Waals surface area contributed by atoms with E-state index in [1.54, 1.807) is 19.2 Å². The topological polar surface area (TPSA) is 64.6 Å². The summed E-state index contributed by atoms with van der Waals surface area (Å²) in [6, 6.07) is 22.4. The predicted octanol–water partition coefficient (Wildman–Crippen LogP) is 5.17. The summed E-state index contributed by atoms with van der Waals surface area (Å²) in [5.41, 5.74) is 4.29. The van der Waals surface area contributed by atoms with Crippen LogP contribution in [0.2, 0.25) is 0 Å². The van der Waals surface area contributed by atoms with Crippen molar-refractivity contribution in [2.75, 3.05) is 12.4 Å². The predicted molar refractivity (Wildman–Crippen MR) is 121 cm³/mol. The molecule has 0 heterocycles. The Balaban J connectivity index is 1.73. The zero-order chi connectivity index (χ0) is 22.2. The minimum absolute atomic E-state index is 0.139. The third-order valence-corrected chi connectivity index (χ3v) is 4.87. The zero-order valence-corrected chi connectivity index (χ0v) is 18.1. The van der Waals surface area contributed by atoms with Crippen molar-refractivity contribution in [2.45, 2.75) is 32.8 Å². The molecule has 1 atom stereocenters. The van der Waals surface area contributed by atoms with Crippen molar-refractivity contribution in [2.24, 2.45) is 0 Å². The molecular weight excluding hydrogens is 390 g/mol. The molecule has 3 aromatic carbocycles. The molecule has 0 fully saturated rings. The molecule has 0 aliphatic rings. The van der Waals surface area contributed by atoms with Crippen molar-refractivity contribution < 1.29 is 19.1 Å². The number of rotatable bonds is 8. The Bertz CT molecular complexity index is 1030. The van der Waals surface area contributed by atoms with Crippen molar-refractivity contribution in [1.82, 2.24) is 0 Å². The quantitative estimate of drug-likeness (QED) is 0.514. The van der Waals surface area contributed by atoms with Crippen LogP contribution in [0, 0.1) is 13.8 Å². The van der Waals surface area contributed by atoms with E-state index in [2.05, 4.69) is 5.32 Å². The molecule has 0 aliphatic carbocycles. The van der Waals surface area contributed by atoms with Gasteiger partial charge in [-0.15, -0.1) is 0 Å². The van der Waals surface area contributed by atoms with Gasteiger partial charge in [-0.05, 0) is 55.2 Å². The van der Waals surface area contributed by atoms with Gasteiger partial charge >= 0.3 is 5.97 Å². The van der Waals surface area contributed by atoms with Gasteiger partial charge in [0.15, 0.2) is 0 Å². The lowest BCUT2D eigenvalue weighted by Gasteiger charge is -2.19. The van der Waals surface area contributed by atoms with E-state index < -0.39 is 12.1 Å². The summed E-state index contributed by atoms with van der Waals surface area (Å²) in [7, 11) is 1.60. The highest BCUT2D eigenvalue weighted by Crippen LogP contribution is 2.23. The Morgan fingerprint density at radius 1 is 0.903 bits per heavy atom. The van der Waals surface area contributed by atoms with E-state index in [4.69, 9.17) is 9.47 Å². The second-order valence-corrected chi connectivity index (χ2v) is 7.46. The number of anilines is 1. The summed E-state index contributed by atoms with van der Waals surface area (Å²) in [4.78, 5) is 25.7. The lowest BCUT2D eigenvalue weighted by Crippen LogP contribution is -2.26. The highest BCUT2D eigenvalue weighted by atomic mass is 16.5. The summed E-state index contributed by atoms with van der Waals surface area (Å²) in [6.45, 7) is 3.93. The summed E-state index contributed by atoms with van der Waals surface area (Å²) in [5.74, 6) is -0.111. The molecule has 0 spiro atoms. The third kappa shape index (κ3) is 6.19. The number of esters is 1. The van der Waals surface area contributed by atoms with E-state index in [-0.39, 0.29) is 12.3 Å². The van der Waals surface area contributed by atoms with Crippen LogP contribution in [0.1, 0.15) is 34.8 Å². The lowest BCUT2D eigenvalue weighted by atomic mass is 10.1. The van der Waals surface area contributed by atoms with Crippen molar-refractivity contribution in [3.05, 3.63) is 95.1 Å². The Hall–Kier alpha value is -3.60. The number of ether oxygens (including phenoxy) is 2. The third-order valence-electron chi connectivity index (χ3n) is 4.87. The number of carbonyl (C=O) groups is 2. The number of hydrogen-bond donors (Lipinski definition) is 1. The number of aryl methyl sites for hydroxylation is 3. The Morgan fingerprint density at radius 2 is 1.55 bits per heavy atom. The maximum Gasteiger partial charge on any atom is 0.307 e. The molecule has 3 aromatic rings. The van der Waals surface area contributed by atoms with Gasteiger partial charge in [-0.3, -0.25) is 9.59 Å². The molecule has 1 unspecified atom stereocenters. The van der Waals surface area contributed by atoms with Gasteiger partial charge in [0, 0.05) is 17.7 Å². The summed E-state index contributed by atoms with van der Waals surface area (Å²) in [5, 5.41) is 2.88. The van der Waals surface area contributed by atoms with E-state index in [1.807, 2.05) is 74.5 Å². The first kappa shape index (κ1) is 22.1. The number of para-hydroxylation sites is 1. The van der Waals surface area contributed by atoms with Crippen LogP contribution in [0.3, 0.4) is 0 Å². The first-order chi connectivity index (χ1) is 15.0. The molecule has 0 aliphatic heterocycles. The molecule has 5 heteroatoms. The lowest BCUT2D eigenvalue weighted by molar-refractivity contribution is -0.154. The van der Waals surface area contributed by atoms with Crippen LogP contribution in [0.5, 0.6) is 5.75 Å². The van der Waals surface area contributed by atoms with Crippen LogP contribution in [-0.4, -0.2) is 19.0 Å². The highest BCUT2D eigenvalue weighted by Gasteiger charge is 2.25. The summed E-state index contributed by atoms with van der Waals surface area (Å²) in [6.07, 6.45) is -0.434. The smallest absolute Gasteiger partial charge is 0.307 e. The second-order valence-electron chi connectivity index (χ2n) is 7.46. The minimum Gasteiger partial charge on any atom is -0.496 e. The molecule has 3 rings (SSSR count). The number of methoxy groups -OCH3 is 1. The van der Waals surface area contributed by atoms with E-state index in [9.17, 15) is 9.59 Å². The van der Waals surface area contributed by atoms with Crippen molar-refractivity contribution in [3.8, 4) is 5.75 Å². The van der Waals surface area contributed by atoms with E-state index >= 15 is 0 Å². The Kier molecular flexibility index (Phi) is 7.44. The average molecular weight is 418 g/mol. The van der Waals surface area contributed by atoms with Gasteiger partial charge in [-0.2, -0.15) is 0 Å². The van der Waals surface area contributed by atoms with Crippen molar-refractivity contribution >= 4 is 17.6 Å². The summed E-state index contributed by atoms with van der Waals surface area (Å²) >= 11 is 0. The highest BCUT2D eigenvalue weighted by molar-refractivity contribution is 5.96. The number of nitrogens with one attached hydrogen (secondary N) is 1. The normalized spacial score (nSPS) is 11.5. The summed E-state index contributed by atoms with van der Waals surface area (Å²) < 4.78 is 11.0. The average Bonchev–Trinajstić information content (AvgIpc) is 2.76. The first-order valence-electron chi connectivity index (χ1n) is 10.2.